The monoisotopic (exact) mass is 270 g/mol. The number of hydrogen-bond acceptors (Lipinski definition) is 4. The van der Waals surface area contributed by atoms with Gasteiger partial charge in [-0.05, 0) is 48.5 Å². The van der Waals surface area contributed by atoms with E-state index >= 15 is 0 Å². The van der Waals surface area contributed by atoms with E-state index in [0.29, 0.717) is 22.7 Å². The zero-order valence-electron chi connectivity index (χ0n) is 10.9. The number of esters is 1. The lowest BCUT2D eigenvalue weighted by Gasteiger charge is -2.06. The molecule has 0 heterocycles. The fourth-order valence-electron chi connectivity index (χ4n) is 1.61. The molecular weight excluding hydrogens is 256 g/mol. The topological polar surface area (TPSA) is 81.4 Å². The first kappa shape index (κ1) is 13.6. The molecule has 0 aromatic heterocycles. The maximum absolute atomic E-state index is 12.0. The van der Waals surface area contributed by atoms with Crippen LogP contribution in [0, 0.1) is 0 Å². The number of amides is 1. The van der Waals surface area contributed by atoms with E-state index < -0.39 is 5.97 Å². The summed E-state index contributed by atoms with van der Waals surface area (Å²) in [7, 11) is 0. The van der Waals surface area contributed by atoms with Crippen molar-refractivity contribution in [2.75, 3.05) is 11.1 Å². The van der Waals surface area contributed by atoms with E-state index in [9.17, 15) is 9.59 Å². The maximum atomic E-state index is 12.0. The fraction of sp³-hybridized carbons (Fsp3) is 0.0667. The van der Waals surface area contributed by atoms with E-state index in [0.717, 1.165) is 0 Å². The van der Waals surface area contributed by atoms with Gasteiger partial charge in [0, 0.05) is 23.9 Å². The van der Waals surface area contributed by atoms with Crippen molar-refractivity contribution in [2.24, 2.45) is 0 Å². The molecule has 0 unspecified atom stereocenters. The summed E-state index contributed by atoms with van der Waals surface area (Å²) in [4.78, 5) is 22.8. The number of benzene rings is 2. The average molecular weight is 270 g/mol. The van der Waals surface area contributed by atoms with Crippen LogP contribution >= 0.6 is 0 Å². The first-order chi connectivity index (χ1) is 9.54. The number of anilines is 2. The first-order valence-corrected chi connectivity index (χ1v) is 6.00. The van der Waals surface area contributed by atoms with Gasteiger partial charge in [-0.15, -0.1) is 0 Å². The summed E-state index contributed by atoms with van der Waals surface area (Å²) in [5.41, 5.74) is 7.33. The van der Waals surface area contributed by atoms with Gasteiger partial charge in [0.1, 0.15) is 5.75 Å². The van der Waals surface area contributed by atoms with Gasteiger partial charge in [-0.3, -0.25) is 9.59 Å². The normalized spacial score (nSPS) is 9.85. The third-order valence-electron chi connectivity index (χ3n) is 2.55. The van der Waals surface area contributed by atoms with Gasteiger partial charge in [0.05, 0.1) is 0 Å². The van der Waals surface area contributed by atoms with Gasteiger partial charge in [-0.25, -0.2) is 0 Å². The number of nitrogens with one attached hydrogen (secondary N) is 1. The molecule has 102 valence electrons. The third-order valence-corrected chi connectivity index (χ3v) is 2.55. The average Bonchev–Trinajstić information content (AvgIpc) is 2.41. The molecule has 0 spiro atoms. The molecule has 2 aromatic rings. The SMILES string of the molecule is CC(=O)Oc1ccc(C(=O)Nc2ccc(N)cc2)cc1. The van der Waals surface area contributed by atoms with E-state index in [1.807, 2.05) is 0 Å². The van der Waals surface area contributed by atoms with Crippen LogP contribution in [0.4, 0.5) is 11.4 Å². The van der Waals surface area contributed by atoms with Crippen LogP contribution in [0.3, 0.4) is 0 Å². The first-order valence-electron chi connectivity index (χ1n) is 6.00. The summed E-state index contributed by atoms with van der Waals surface area (Å²) < 4.78 is 4.90. The zero-order valence-corrected chi connectivity index (χ0v) is 10.9. The summed E-state index contributed by atoms with van der Waals surface area (Å²) in [6.45, 7) is 1.32. The molecule has 5 nitrogen and oxygen atoms in total. The molecule has 20 heavy (non-hydrogen) atoms. The molecule has 5 heteroatoms. The summed E-state index contributed by atoms with van der Waals surface area (Å²) in [5, 5.41) is 2.74. The Morgan fingerprint density at radius 2 is 1.60 bits per heavy atom. The Labute approximate surface area is 116 Å². The molecule has 0 radical (unpaired) electrons. The Kier molecular flexibility index (Phi) is 4.00. The number of nitrogen functional groups attached to an aromatic ring is 1. The van der Waals surface area contributed by atoms with E-state index in [1.165, 1.54) is 6.92 Å². The zero-order chi connectivity index (χ0) is 14.5. The Morgan fingerprint density at radius 3 is 2.15 bits per heavy atom. The van der Waals surface area contributed by atoms with Crippen LogP contribution < -0.4 is 15.8 Å². The minimum atomic E-state index is -0.399. The van der Waals surface area contributed by atoms with Crippen molar-refractivity contribution in [3.63, 3.8) is 0 Å². The van der Waals surface area contributed by atoms with Gasteiger partial charge in [-0.1, -0.05) is 0 Å². The molecule has 0 saturated carbocycles. The number of rotatable bonds is 3. The van der Waals surface area contributed by atoms with Crippen molar-refractivity contribution in [2.45, 2.75) is 6.92 Å². The lowest BCUT2D eigenvalue weighted by atomic mass is 10.2. The second kappa shape index (κ2) is 5.88. The van der Waals surface area contributed by atoms with Crippen LogP contribution in [-0.2, 0) is 4.79 Å². The van der Waals surface area contributed by atoms with Crippen molar-refractivity contribution in [1.29, 1.82) is 0 Å². The number of nitrogens with two attached hydrogens (primary N) is 1. The molecule has 0 aliphatic rings. The molecule has 0 atom stereocenters. The molecule has 0 aliphatic heterocycles. The molecule has 0 fully saturated rings. The minimum Gasteiger partial charge on any atom is -0.427 e. The molecule has 1 amide bonds. The maximum Gasteiger partial charge on any atom is 0.308 e. The van der Waals surface area contributed by atoms with Gasteiger partial charge in [0.25, 0.3) is 5.91 Å². The number of carbonyl (C=O) groups is 2. The number of ether oxygens (including phenoxy) is 1. The highest BCUT2D eigenvalue weighted by molar-refractivity contribution is 6.04. The molecule has 0 bridgehead atoms. The van der Waals surface area contributed by atoms with E-state index in [4.69, 9.17) is 10.5 Å². The van der Waals surface area contributed by atoms with Gasteiger partial charge in [0.2, 0.25) is 0 Å². The van der Waals surface area contributed by atoms with Crippen molar-refractivity contribution in [3.8, 4) is 5.75 Å². The van der Waals surface area contributed by atoms with E-state index in [1.54, 1.807) is 48.5 Å². The van der Waals surface area contributed by atoms with Crippen molar-refractivity contribution in [3.05, 3.63) is 54.1 Å². The quantitative estimate of drug-likeness (QED) is 0.510. The Morgan fingerprint density at radius 1 is 1.00 bits per heavy atom. The van der Waals surface area contributed by atoms with Crippen LogP contribution in [0.5, 0.6) is 5.75 Å². The summed E-state index contributed by atoms with van der Waals surface area (Å²) in [5.74, 6) is -0.241. The van der Waals surface area contributed by atoms with Crippen molar-refractivity contribution in [1.82, 2.24) is 0 Å². The molecule has 0 aliphatic carbocycles. The lowest BCUT2D eigenvalue weighted by Crippen LogP contribution is -2.11. The van der Waals surface area contributed by atoms with Crippen LogP contribution in [0.1, 0.15) is 17.3 Å². The van der Waals surface area contributed by atoms with Crippen LogP contribution in [-0.4, -0.2) is 11.9 Å². The Hall–Kier alpha value is -2.82. The summed E-state index contributed by atoms with van der Waals surface area (Å²) >= 11 is 0. The van der Waals surface area contributed by atoms with Crippen LogP contribution in [0.15, 0.2) is 48.5 Å². The van der Waals surface area contributed by atoms with Crippen LogP contribution in [0.2, 0.25) is 0 Å². The van der Waals surface area contributed by atoms with Gasteiger partial charge in [-0.2, -0.15) is 0 Å². The standard InChI is InChI=1S/C15H14N2O3/c1-10(18)20-14-8-2-11(3-9-14)15(19)17-13-6-4-12(16)5-7-13/h2-9H,16H2,1H3,(H,17,19). The minimum absolute atomic E-state index is 0.246. The van der Waals surface area contributed by atoms with E-state index in [-0.39, 0.29) is 5.91 Å². The third kappa shape index (κ3) is 3.58. The Balaban J connectivity index is 2.05. The molecule has 2 aromatic carbocycles. The number of carbonyl (C=O) groups excluding carboxylic acids is 2. The highest BCUT2D eigenvalue weighted by atomic mass is 16.5. The predicted octanol–water partition coefficient (Wildman–Crippen LogP) is 2.45. The van der Waals surface area contributed by atoms with Crippen LogP contribution in [0.25, 0.3) is 0 Å². The van der Waals surface area contributed by atoms with Gasteiger partial charge < -0.3 is 15.8 Å². The van der Waals surface area contributed by atoms with Crippen molar-refractivity contribution >= 4 is 23.3 Å². The van der Waals surface area contributed by atoms with Crippen molar-refractivity contribution < 1.29 is 14.3 Å². The predicted molar refractivity (Wildman–Crippen MR) is 76.6 cm³/mol. The largest absolute Gasteiger partial charge is 0.427 e. The molecule has 2 rings (SSSR count). The number of hydrogen-bond donors (Lipinski definition) is 2. The van der Waals surface area contributed by atoms with Gasteiger partial charge in [0.15, 0.2) is 0 Å². The highest BCUT2D eigenvalue weighted by Crippen LogP contribution is 2.15. The van der Waals surface area contributed by atoms with Gasteiger partial charge >= 0.3 is 5.97 Å². The lowest BCUT2D eigenvalue weighted by molar-refractivity contribution is -0.131. The Bertz CT molecular complexity index is 619. The second-order valence-electron chi connectivity index (χ2n) is 4.19. The molecule has 0 saturated heterocycles. The fourth-order valence-corrected chi connectivity index (χ4v) is 1.61. The highest BCUT2D eigenvalue weighted by Gasteiger charge is 2.06. The van der Waals surface area contributed by atoms with E-state index in [2.05, 4.69) is 5.32 Å². The molecular formula is C15H14N2O3. The molecule has 3 N–H and O–H groups in total. The summed E-state index contributed by atoms with van der Waals surface area (Å²) in [6.07, 6.45) is 0. The summed E-state index contributed by atoms with van der Waals surface area (Å²) in [6, 6.07) is 13.2. The second-order valence-corrected chi connectivity index (χ2v) is 4.19. The smallest absolute Gasteiger partial charge is 0.308 e.